The minimum Gasteiger partial charge on any atom is -0.312 e. The van der Waals surface area contributed by atoms with Crippen LogP contribution in [-0.4, -0.2) is 17.7 Å². The van der Waals surface area contributed by atoms with Crippen LogP contribution in [0.15, 0.2) is 18.2 Å². The summed E-state index contributed by atoms with van der Waals surface area (Å²) < 4.78 is 13.0. The van der Waals surface area contributed by atoms with Crippen LogP contribution in [0.25, 0.3) is 0 Å². The van der Waals surface area contributed by atoms with E-state index < -0.39 is 17.0 Å². The van der Waals surface area contributed by atoms with E-state index in [0.717, 1.165) is 0 Å². The lowest BCUT2D eigenvalue weighted by Gasteiger charge is -2.16. The third kappa shape index (κ3) is 2.42. The van der Waals surface area contributed by atoms with E-state index in [4.69, 9.17) is 23.2 Å². The zero-order valence-electron chi connectivity index (χ0n) is 8.62. The highest BCUT2D eigenvalue weighted by Gasteiger charge is 2.34. The highest BCUT2D eigenvalue weighted by atomic mass is 35.5. The number of nitrogens with zero attached hydrogens (tertiary/aromatic N) is 1. The number of halogens is 3. The van der Waals surface area contributed by atoms with Crippen molar-refractivity contribution in [3.8, 4) is 0 Å². The monoisotopic (exact) mass is 275 g/mol. The Bertz CT molecular complexity index is 492. The third-order valence-corrected chi connectivity index (χ3v) is 3.26. The van der Waals surface area contributed by atoms with Crippen LogP contribution in [0.5, 0.6) is 0 Å². The maximum atomic E-state index is 13.0. The van der Waals surface area contributed by atoms with Gasteiger partial charge in [-0.05, 0) is 29.8 Å². The van der Waals surface area contributed by atoms with Gasteiger partial charge in [-0.15, -0.1) is 0 Å². The fraction of sp³-hybridized carbons (Fsp3) is 0.273. The van der Waals surface area contributed by atoms with Gasteiger partial charge in [0.05, 0.1) is 10.9 Å². The summed E-state index contributed by atoms with van der Waals surface area (Å²) in [5.74, 6) is -1.27. The van der Waals surface area contributed by atoms with Crippen LogP contribution in [0.4, 0.5) is 10.1 Å². The SMILES string of the molecule is O=C(Cl)[C@H]1CC(=O)N(c2ccc(F)c(Cl)c2)C1. The van der Waals surface area contributed by atoms with Crippen molar-refractivity contribution in [3.63, 3.8) is 0 Å². The number of carbonyl (C=O) groups is 2. The van der Waals surface area contributed by atoms with Crippen molar-refractivity contribution in [1.29, 1.82) is 0 Å². The van der Waals surface area contributed by atoms with Crippen LogP contribution in [0, 0.1) is 11.7 Å². The zero-order valence-corrected chi connectivity index (χ0v) is 10.1. The molecule has 90 valence electrons. The Hall–Kier alpha value is -1.13. The second-order valence-electron chi connectivity index (χ2n) is 3.81. The van der Waals surface area contributed by atoms with Crippen molar-refractivity contribution in [2.24, 2.45) is 5.92 Å². The van der Waals surface area contributed by atoms with E-state index in [-0.39, 0.29) is 23.9 Å². The van der Waals surface area contributed by atoms with Crippen LogP contribution >= 0.6 is 23.2 Å². The number of hydrogen-bond donors (Lipinski definition) is 0. The van der Waals surface area contributed by atoms with Crippen molar-refractivity contribution >= 4 is 40.0 Å². The minimum atomic E-state index is -0.549. The predicted octanol–water partition coefficient (Wildman–Crippen LogP) is 2.60. The molecule has 17 heavy (non-hydrogen) atoms. The molecular formula is C11H8Cl2FNO2. The van der Waals surface area contributed by atoms with Crippen molar-refractivity contribution < 1.29 is 14.0 Å². The molecule has 0 aliphatic carbocycles. The molecule has 1 atom stereocenters. The van der Waals surface area contributed by atoms with Gasteiger partial charge in [0.25, 0.3) is 0 Å². The van der Waals surface area contributed by atoms with Crippen molar-refractivity contribution in [2.45, 2.75) is 6.42 Å². The molecule has 0 aromatic heterocycles. The van der Waals surface area contributed by atoms with Gasteiger partial charge in [0.15, 0.2) is 0 Å². The Morgan fingerprint density at radius 2 is 2.18 bits per heavy atom. The maximum Gasteiger partial charge on any atom is 0.227 e. The first-order valence-corrected chi connectivity index (χ1v) is 5.69. The molecule has 0 bridgehead atoms. The minimum absolute atomic E-state index is 0.0593. The van der Waals surface area contributed by atoms with E-state index in [1.54, 1.807) is 0 Å². The largest absolute Gasteiger partial charge is 0.312 e. The first kappa shape index (κ1) is 12.3. The normalized spacial score (nSPS) is 19.8. The number of benzene rings is 1. The topological polar surface area (TPSA) is 37.4 Å². The van der Waals surface area contributed by atoms with Crippen molar-refractivity contribution in [2.75, 3.05) is 11.4 Å². The number of rotatable bonds is 2. The van der Waals surface area contributed by atoms with Gasteiger partial charge in [-0.25, -0.2) is 4.39 Å². The Kier molecular flexibility index (Phi) is 3.35. The van der Waals surface area contributed by atoms with Crippen LogP contribution in [0.1, 0.15) is 6.42 Å². The van der Waals surface area contributed by atoms with Gasteiger partial charge in [-0.1, -0.05) is 11.6 Å². The highest BCUT2D eigenvalue weighted by Crippen LogP contribution is 2.29. The van der Waals surface area contributed by atoms with E-state index in [1.165, 1.54) is 23.1 Å². The Morgan fingerprint density at radius 3 is 2.71 bits per heavy atom. The average Bonchev–Trinajstić information content (AvgIpc) is 2.65. The first-order chi connectivity index (χ1) is 7.99. The van der Waals surface area contributed by atoms with Gasteiger partial charge in [-0.2, -0.15) is 0 Å². The lowest BCUT2D eigenvalue weighted by Crippen LogP contribution is -2.25. The molecule has 6 heteroatoms. The Morgan fingerprint density at radius 1 is 1.47 bits per heavy atom. The molecule has 1 aromatic rings. The van der Waals surface area contributed by atoms with Gasteiger partial charge in [-0.3, -0.25) is 9.59 Å². The zero-order chi connectivity index (χ0) is 12.6. The third-order valence-electron chi connectivity index (χ3n) is 2.66. The predicted molar refractivity (Wildman–Crippen MR) is 62.7 cm³/mol. The van der Waals surface area contributed by atoms with Crippen LogP contribution in [0.3, 0.4) is 0 Å². The standard InChI is InChI=1S/C11H8Cl2FNO2/c12-8-4-7(1-2-9(8)14)15-5-6(11(13)17)3-10(15)16/h1-2,4,6H,3,5H2/t6-/m0/s1. The molecule has 2 rings (SSSR count). The molecule has 0 saturated carbocycles. The van der Waals surface area contributed by atoms with Gasteiger partial charge in [0, 0.05) is 18.7 Å². The summed E-state index contributed by atoms with van der Waals surface area (Å²) in [5, 5.41) is -0.593. The molecule has 0 spiro atoms. The molecule has 1 amide bonds. The summed E-state index contributed by atoms with van der Waals surface area (Å²) in [6.07, 6.45) is 0.0807. The maximum absolute atomic E-state index is 13.0. The lowest BCUT2D eigenvalue weighted by atomic mass is 10.1. The fourth-order valence-electron chi connectivity index (χ4n) is 1.76. The van der Waals surface area contributed by atoms with Crippen molar-refractivity contribution in [1.82, 2.24) is 0 Å². The highest BCUT2D eigenvalue weighted by molar-refractivity contribution is 6.64. The first-order valence-electron chi connectivity index (χ1n) is 4.94. The van der Waals surface area contributed by atoms with E-state index >= 15 is 0 Å². The quantitative estimate of drug-likeness (QED) is 0.778. The molecule has 1 aromatic carbocycles. The second-order valence-corrected chi connectivity index (χ2v) is 4.59. The Balaban J connectivity index is 2.26. The average molecular weight is 276 g/mol. The van der Waals surface area contributed by atoms with Crippen LogP contribution in [-0.2, 0) is 9.59 Å². The van der Waals surface area contributed by atoms with E-state index in [2.05, 4.69) is 0 Å². The van der Waals surface area contributed by atoms with Gasteiger partial charge in [0.1, 0.15) is 5.82 Å². The number of amides is 1. The van der Waals surface area contributed by atoms with Crippen LogP contribution in [0.2, 0.25) is 5.02 Å². The van der Waals surface area contributed by atoms with Crippen LogP contribution < -0.4 is 4.90 Å². The smallest absolute Gasteiger partial charge is 0.227 e. The summed E-state index contributed by atoms with van der Waals surface area (Å²) >= 11 is 11.0. The fourth-order valence-corrected chi connectivity index (χ4v) is 2.08. The molecule has 1 fully saturated rings. The molecule has 1 heterocycles. The van der Waals surface area contributed by atoms with Gasteiger partial charge in [0.2, 0.25) is 11.1 Å². The van der Waals surface area contributed by atoms with Crippen molar-refractivity contribution in [3.05, 3.63) is 29.0 Å². The summed E-state index contributed by atoms with van der Waals surface area (Å²) in [7, 11) is 0. The summed E-state index contributed by atoms with van der Waals surface area (Å²) in [6, 6.07) is 3.98. The Labute approximate surface area is 107 Å². The number of anilines is 1. The molecule has 0 N–H and O–H groups in total. The summed E-state index contributed by atoms with van der Waals surface area (Å²) in [6.45, 7) is 0.211. The van der Waals surface area contributed by atoms with E-state index in [0.29, 0.717) is 5.69 Å². The van der Waals surface area contributed by atoms with E-state index in [1.807, 2.05) is 0 Å². The second kappa shape index (κ2) is 4.63. The lowest BCUT2D eigenvalue weighted by molar-refractivity contribution is -0.120. The molecule has 0 unspecified atom stereocenters. The molecule has 1 aliphatic heterocycles. The molecule has 1 aliphatic rings. The molecule has 3 nitrogen and oxygen atoms in total. The number of carbonyl (C=O) groups excluding carboxylic acids is 2. The summed E-state index contributed by atoms with van der Waals surface area (Å²) in [5.41, 5.74) is 0.474. The van der Waals surface area contributed by atoms with Gasteiger partial charge < -0.3 is 4.90 Å². The van der Waals surface area contributed by atoms with E-state index in [9.17, 15) is 14.0 Å². The summed E-state index contributed by atoms with van der Waals surface area (Å²) in [4.78, 5) is 24.0. The molecular weight excluding hydrogens is 268 g/mol. The number of hydrogen-bond acceptors (Lipinski definition) is 2. The molecule has 0 radical (unpaired) electrons. The van der Waals surface area contributed by atoms with Gasteiger partial charge >= 0.3 is 0 Å². The molecule has 1 saturated heterocycles.